The zero-order valence-electron chi connectivity index (χ0n) is 15.3. The Morgan fingerprint density at radius 1 is 1.10 bits per heavy atom. The van der Waals surface area contributed by atoms with Gasteiger partial charge in [-0.3, -0.25) is 14.9 Å². The topological polar surface area (TPSA) is 97.7 Å². The van der Waals surface area contributed by atoms with E-state index in [1.54, 1.807) is 36.4 Å². The number of carbonyl (C=O) groups is 1. The summed E-state index contributed by atoms with van der Waals surface area (Å²) in [4.78, 5) is 27.9. The minimum absolute atomic E-state index is 0.0402. The van der Waals surface area contributed by atoms with E-state index in [0.29, 0.717) is 27.2 Å². The third-order valence-corrected chi connectivity index (χ3v) is 5.09. The van der Waals surface area contributed by atoms with Crippen molar-refractivity contribution in [3.8, 4) is 11.3 Å². The molecule has 1 saturated heterocycles. The number of nitrogens with zero attached hydrogens (tertiary/aromatic N) is 2. The van der Waals surface area contributed by atoms with Crippen molar-refractivity contribution in [2.45, 2.75) is 6.92 Å². The first kappa shape index (κ1) is 18.7. The summed E-state index contributed by atoms with van der Waals surface area (Å²) in [5, 5.41) is 14.4. The van der Waals surface area contributed by atoms with Crippen molar-refractivity contribution in [3.05, 3.63) is 87.0 Å². The first-order valence-corrected chi connectivity index (χ1v) is 9.51. The van der Waals surface area contributed by atoms with Crippen LogP contribution in [0.25, 0.3) is 17.4 Å². The van der Waals surface area contributed by atoms with E-state index in [0.717, 1.165) is 11.3 Å². The highest BCUT2D eigenvalue weighted by Crippen LogP contribution is 2.33. The standard InChI is InChI=1S/C21H15N3O4S/c1-13-6-8-14(9-7-13)22-21-23-20(25)19(29-21)12-15-10-11-18(28-15)16-4-2-3-5-17(16)24(26)27/h2-12H,1H3,(H,22,23,25). The lowest BCUT2D eigenvalue weighted by Crippen LogP contribution is -2.19. The Balaban J connectivity index is 1.57. The van der Waals surface area contributed by atoms with E-state index in [-0.39, 0.29) is 11.6 Å². The number of furan rings is 1. The van der Waals surface area contributed by atoms with E-state index in [9.17, 15) is 14.9 Å². The number of amidine groups is 1. The van der Waals surface area contributed by atoms with Crippen LogP contribution in [-0.2, 0) is 4.79 Å². The molecular formula is C21H15N3O4S. The molecular weight excluding hydrogens is 390 g/mol. The van der Waals surface area contributed by atoms with E-state index < -0.39 is 4.92 Å². The molecule has 0 unspecified atom stereocenters. The number of nitro groups is 1. The molecule has 0 saturated carbocycles. The van der Waals surface area contributed by atoms with Gasteiger partial charge in [0.2, 0.25) is 0 Å². The molecule has 2 heterocycles. The van der Waals surface area contributed by atoms with Crippen molar-refractivity contribution < 1.29 is 14.1 Å². The van der Waals surface area contributed by atoms with E-state index >= 15 is 0 Å². The molecule has 0 aliphatic carbocycles. The van der Waals surface area contributed by atoms with Crippen LogP contribution in [0.15, 0.2) is 75.0 Å². The third kappa shape index (κ3) is 4.12. The number of aryl methyl sites for hydroxylation is 1. The average molecular weight is 405 g/mol. The summed E-state index contributed by atoms with van der Waals surface area (Å²) in [5.74, 6) is 0.512. The van der Waals surface area contributed by atoms with Crippen molar-refractivity contribution >= 4 is 40.3 Å². The van der Waals surface area contributed by atoms with Gasteiger partial charge in [-0.05, 0) is 49.0 Å². The number of benzene rings is 2. The molecule has 0 radical (unpaired) electrons. The minimum Gasteiger partial charge on any atom is -0.456 e. The molecule has 144 valence electrons. The molecule has 29 heavy (non-hydrogen) atoms. The largest absolute Gasteiger partial charge is 0.456 e. The number of para-hydroxylation sites is 1. The Kier molecular flexibility index (Phi) is 5.01. The van der Waals surface area contributed by atoms with Crippen LogP contribution < -0.4 is 5.32 Å². The lowest BCUT2D eigenvalue weighted by molar-refractivity contribution is -0.384. The Bertz CT molecular complexity index is 1160. The molecule has 1 fully saturated rings. The van der Waals surface area contributed by atoms with Gasteiger partial charge >= 0.3 is 0 Å². The molecule has 2 aromatic carbocycles. The summed E-state index contributed by atoms with van der Waals surface area (Å²) < 4.78 is 5.72. The van der Waals surface area contributed by atoms with Crippen LogP contribution >= 0.6 is 11.8 Å². The van der Waals surface area contributed by atoms with Crippen LogP contribution in [0.1, 0.15) is 11.3 Å². The van der Waals surface area contributed by atoms with E-state index in [1.165, 1.54) is 17.8 Å². The highest BCUT2D eigenvalue weighted by atomic mass is 32.2. The first-order chi connectivity index (χ1) is 14.0. The number of carbonyl (C=O) groups excluding carboxylic acids is 1. The number of aliphatic imine (C=N–C) groups is 1. The summed E-state index contributed by atoms with van der Waals surface area (Å²) in [6, 6.07) is 17.3. The molecule has 1 aliphatic heterocycles. The zero-order chi connectivity index (χ0) is 20.4. The average Bonchev–Trinajstić information content (AvgIpc) is 3.30. The van der Waals surface area contributed by atoms with Gasteiger partial charge in [0.25, 0.3) is 11.6 Å². The Labute approximate surface area is 170 Å². The molecule has 1 amide bonds. The number of hydrogen-bond donors (Lipinski definition) is 1. The Hall–Kier alpha value is -3.65. The Morgan fingerprint density at radius 2 is 1.86 bits per heavy atom. The second-order valence-electron chi connectivity index (χ2n) is 6.29. The van der Waals surface area contributed by atoms with Gasteiger partial charge in [-0.2, -0.15) is 0 Å². The number of nitrogens with one attached hydrogen (secondary N) is 1. The summed E-state index contributed by atoms with van der Waals surface area (Å²) in [7, 11) is 0. The summed E-state index contributed by atoms with van der Waals surface area (Å²) in [5.41, 5.74) is 2.22. The highest BCUT2D eigenvalue weighted by Gasteiger charge is 2.24. The lowest BCUT2D eigenvalue weighted by atomic mass is 10.1. The predicted octanol–water partition coefficient (Wildman–Crippen LogP) is 5.05. The molecule has 7 nitrogen and oxygen atoms in total. The molecule has 4 rings (SSSR count). The van der Waals surface area contributed by atoms with Crippen molar-refractivity contribution in [2.75, 3.05) is 0 Å². The lowest BCUT2D eigenvalue weighted by Gasteiger charge is -1.98. The molecule has 0 spiro atoms. The number of thioether (sulfide) groups is 1. The number of nitro benzene ring substituents is 1. The second kappa shape index (κ2) is 7.76. The fourth-order valence-corrected chi connectivity index (χ4v) is 3.58. The molecule has 0 bridgehead atoms. The normalized spacial score (nSPS) is 16.4. The summed E-state index contributed by atoms with van der Waals surface area (Å²) in [6.07, 6.45) is 1.59. The summed E-state index contributed by atoms with van der Waals surface area (Å²) >= 11 is 1.21. The SMILES string of the molecule is Cc1ccc(N=C2NC(=O)C(=Cc3ccc(-c4ccccc4[N+](=O)[O-])o3)S2)cc1. The molecule has 8 heteroatoms. The van der Waals surface area contributed by atoms with Crippen LogP contribution in [0.4, 0.5) is 11.4 Å². The van der Waals surface area contributed by atoms with Crippen molar-refractivity contribution in [1.29, 1.82) is 0 Å². The maximum Gasteiger partial charge on any atom is 0.280 e. The monoisotopic (exact) mass is 405 g/mol. The third-order valence-electron chi connectivity index (χ3n) is 4.18. The molecule has 3 aromatic rings. The maximum absolute atomic E-state index is 12.2. The van der Waals surface area contributed by atoms with Gasteiger partial charge in [0.15, 0.2) is 5.17 Å². The molecule has 0 atom stereocenters. The maximum atomic E-state index is 12.2. The fraction of sp³-hybridized carbons (Fsp3) is 0.0476. The quantitative estimate of drug-likeness (QED) is 0.372. The van der Waals surface area contributed by atoms with E-state index in [1.807, 2.05) is 31.2 Å². The van der Waals surface area contributed by atoms with Gasteiger partial charge in [-0.15, -0.1) is 0 Å². The van der Waals surface area contributed by atoms with Crippen molar-refractivity contribution in [2.24, 2.45) is 4.99 Å². The smallest absolute Gasteiger partial charge is 0.280 e. The number of amides is 1. The number of hydrogen-bond acceptors (Lipinski definition) is 6. The van der Waals surface area contributed by atoms with E-state index in [2.05, 4.69) is 10.3 Å². The van der Waals surface area contributed by atoms with Crippen molar-refractivity contribution in [1.82, 2.24) is 5.32 Å². The van der Waals surface area contributed by atoms with Crippen LogP contribution in [0.5, 0.6) is 0 Å². The van der Waals surface area contributed by atoms with Gasteiger partial charge < -0.3 is 9.73 Å². The predicted molar refractivity (Wildman–Crippen MR) is 113 cm³/mol. The first-order valence-electron chi connectivity index (χ1n) is 8.69. The molecule has 1 N–H and O–H groups in total. The van der Waals surface area contributed by atoms with Gasteiger partial charge in [0, 0.05) is 12.1 Å². The van der Waals surface area contributed by atoms with Gasteiger partial charge in [0.1, 0.15) is 11.5 Å². The van der Waals surface area contributed by atoms with Gasteiger partial charge in [-0.25, -0.2) is 4.99 Å². The Morgan fingerprint density at radius 3 is 2.62 bits per heavy atom. The van der Waals surface area contributed by atoms with Crippen LogP contribution in [0.3, 0.4) is 0 Å². The highest BCUT2D eigenvalue weighted by molar-refractivity contribution is 8.18. The zero-order valence-corrected chi connectivity index (χ0v) is 16.1. The second-order valence-corrected chi connectivity index (χ2v) is 7.32. The minimum atomic E-state index is -0.454. The number of rotatable bonds is 4. The molecule has 1 aliphatic rings. The van der Waals surface area contributed by atoms with Crippen LogP contribution in [0.2, 0.25) is 0 Å². The van der Waals surface area contributed by atoms with Crippen molar-refractivity contribution in [3.63, 3.8) is 0 Å². The summed E-state index contributed by atoms with van der Waals surface area (Å²) in [6.45, 7) is 1.99. The van der Waals surface area contributed by atoms with E-state index in [4.69, 9.17) is 4.42 Å². The fourth-order valence-electron chi connectivity index (χ4n) is 2.76. The molecule has 1 aromatic heterocycles. The van der Waals surface area contributed by atoms with Gasteiger partial charge in [-0.1, -0.05) is 29.8 Å². The van der Waals surface area contributed by atoms with Gasteiger partial charge in [0.05, 0.1) is 21.1 Å². The van der Waals surface area contributed by atoms with Crippen LogP contribution in [0, 0.1) is 17.0 Å². The van der Waals surface area contributed by atoms with Crippen LogP contribution in [-0.4, -0.2) is 16.0 Å².